The van der Waals surface area contributed by atoms with Crippen LogP contribution >= 0.6 is 0 Å². The van der Waals surface area contributed by atoms with Crippen molar-refractivity contribution in [3.05, 3.63) is 48.6 Å². The number of aliphatic hydroxyl groups is 2. The van der Waals surface area contributed by atoms with E-state index in [1.54, 1.807) is 6.08 Å². The van der Waals surface area contributed by atoms with Crippen LogP contribution in [0, 0.1) is 0 Å². The van der Waals surface area contributed by atoms with Gasteiger partial charge in [-0.25, -0.2) is 0 Å². The number of likely N-dealkylation sites (tertiary alicyclic amines) is 1. The molecular formula is C16H21NO4. The molecule has 1 aliphatic heterocycles. The van der Waals surface area contributed by atoms with Gasteiger partial charge in [0, 0.05) is 6.54 Å². The van der Waals surface area contributed by atoms with Gasteiger partial charge in [-0.2, -0.15) is 0 Å². The molecule has 5 nitrogen and oxygen atoms in total. The molecule has 2 N–H and O–H groups in total. The van der Waals surface area contributed by atoms with Gasteiger partial charge in [-0.1, -0.05) is 36.4 Å². The second kappa shape index (κ2) is 7.36. The Bertz CT molecular complexity index is 476. The Morgan fingerprint density at radius 1 is 1.38 bits per heavy atom. The van der Waals surface area contributed by atoms with E-state index in [0.717, 1.165) is 5.56 Å². The molecule has 1 aromatic rings. The predicted octanol–water partition coefficient (Wildman–Crippen LogP) is 0.712. The van der Waals surface area contributed by atoms with Gasteiger partial charge >= 0.3 is 0 Å². The van der Waals surface area contributed by atoms with Crippen molar-refractivity contribution in [2.45, 2.75) is 31.3 Å². The standard InChI is InChI=1S/C16H21NO4/c1-2-3-9-17-14(13(19)10-18)15(16(17)20)21-11-12-7-5-4-6-8-12/h2,4-8,13-15,18-19H,1,3,9-11H2/t13-,14+,15-/m1/s1. The van der Waals surface area contributed by atoms with E-state index in [4.69, 9.17) is 9.84 Å². The Labute approximate surface area is 124 Å². The predicted molar refractivity (Wildman–Crippen MR) is 78.4 cm³/mol. The van der Waals surface area contributed by atoms with Crippen LogP contribution in [0.4, 0.5) is 0 Å². The van der Waals surface area contributed by atoms with Gasteiger partial charge in [0.1, 0.15) is 6.10 Å². The lowest BCUT2D eigenvalue weighted by atomic mass is 9.92. The quantitative estimate of drug-likeness (QED) is 0.547. The van der Waals surface area contributed by atoms with E-state index < -0.39 is 24.9 Å². The third-order valence-corrected chi connectivity index (χ3v) is 3.62. The maximum atomic E-state index is 12.1. The molecule has 1 heterocycles. The third-order valence-electron chi connectivity index (χ3n) is 3.62. The first-order valence-corrected chi connectivity index (χ1v) is 7.05. The molecule has 1 aromatic carbocycles. The molecule has 0 saturated carbocycles. The zero-order chi connectivity index (χ0) is 15.2. The van der Waals surface area contributed by atoms with Crippen molar-refractivity contribution in [1.82, 2.24) is 4.90 Å². The van der Waals surface area contributed by atoms with Crippen molar-refractivity contribution in [2.24, 2.45) is 0 Å². The molecule has 2 rings (SSSR count). The minimum absolute atomic E-state index is 0.148. The Morgan fingerprint density at radius 3 is 2.71 bits per heavy atom. The maximum absolute atomic E-state index is 12.1. The highest BCUT2D eigenvalue weighted by Crippen LogP contribution is 2.27. The topological polar surface area (TPSA) is 70.0 Å². The van der Waals surface area contributed by atoms with Crippen LogP contribution in [0.15, 0.2) is 43.0 Å². The summed E-state index contributed by atoms with van der Waals surface area (Å²) in [4.78, 5) is 13.6. The van der Waals surface area contributed by atoms with Crippen LogP contribution in [0.2, 0.25) is 0 Å². The Morgan fingerprint density at radius 2 is 2.10 bits per heavy atom. The van der Waals surface area contributed by atoms with E-state index in [-0.39, 0.29) is 5.91 Å². The van der Waals surface area contributed by atoms with Gasteiger partial charge in [-0.3, -0.25) is 4.79 Å². The molecule has 5 heteroatoms. The van der Waals surface area contributed by atoms with Crippen LogP contribution in [0.25, 0.3) is 0 Å². The van der Waals surface area contributed by atoms with Crippen molar-refractivity contribution >= 4 is 5.91 Å². The number of rotatable bonds is 8. The highest BCUT2D eigenvalue weighted by Gasteiger charge is 2.51. The number of carbonyl (C=O) groups is 1. The first-order chi connectivity index (χ1) is 10.2. The maximum Gasteiger partial charge on any atom is 0.254 e. The molecule has 0 aromatic heterocycles. The molecule has 0 spiro atoms. The number of benzene rings is 1. The first kappa shape index (κ1) is 15.7. The van der Waals surface area contributed by atoms with Crippen molar-refractivity contribution in [3.63, 3.8) is 0 Å². The number of nitrogens with zero attached hydrogens (tertiary/aromatic N) is 1. The molecular weight excluding hydrogens is 270 g/mol. The van der Waals surface area contributed by atoms with Crippen LogP contribution in [0.1, 0.15) is 12.0 Å². The molecule has 0 radical (unpaired) electrons. The minimum atomic E-state index is -0.992. The largest absolute Gasteiger partial charge is 0.394 e. The summed E-state index contributed by atoms with van der Waals surface area (Å²) in [5, 5.41) is 19.0. The molecule has 1 saturated heterocycles. The van der Waals surface area contributed by atoms with Crippen molar-refractivity contribution < 1.29 is 19.7 Å². The fourth-order valence-corrected chi connectivity index (χ4v) is 2.47. The van der Waals surface area contributed by atoms with Gasteiger partial charge in [-0.05, 0) is 12.0 Å². The average molecular weight is 291 g/mol. The van der Waals surface area contributed by atoms with Gasteiger partial charge in [0.25, 0.3) is 5.91 Å². The van der Waals surface area contributed by atoms with Crippen LogP contribution in [-0.2, 0) is 16.1 Å². The molecule has 3 atom stereocenters. The van der Waals surface area contributed by atoms with Crippen LogP contribution in [0.5, 0.6) is 0 Å². The number of ether oxygens (including phenoxy) is 1. The summed E-state index contributed by atoms with van der Waals surface area (Å²) in [6, 6.07) is 9.04. The summed E-state index contributed by atoms with van der Waals surface area (Å²) in [6.45, 7) is 4.01. The molecule has 1 fully saturated rings. The number of amides is 1. The monoisotopic (exact) mass is 291 g/mol. The fourth-order valence-electron chi connectivity index (χ4n) is 2.47. The smallest absolute Gasteiger partial charge is 0.254 e. The third kappa shape index (κ3) is 3.50. The van der Waals surface area contributed by atoms with E-state index in [2.05, 4.69) is 6.58 Å². The van der Waals surface area contributed by atoms with Gasteiger partial charge in [0.15, 0.2) is 6.10 Å². The van der Waals surface area contributed by atoms with Gasteiger partial charge < -0.3 is 19.8 Å². The highest BCUT2D eigenvalue weighted by molar-refractivity contribution is 5.88. The van der Waals surface area contributed by atoms with Crippen molar-refractivity contribution in [1.29, 1.82) is 0 Å². The van der Waals surface area contributed by atoms with Crippen LogP contribution < -0.4 is 0 Å². The van der Waals surface area contributed by atoms with Crippen LogP contribution in [0.3, 0.4) is 0 Å². The summed E-state index contributed by atoms with van der Waals surface area (Å²) < 4.78 is 5.63. The number of β-lactam (4-membered cyclic amide) rings is 1. The Kier molecular flexibility index (Phi) is 5.50. The number of carbonyl (C=O) groups excluding carboxylic acids is 1. The number of hydrogen-bond donors (Lipinski definition) is 2. The lowest BCUT2D eigenvalue weighted by molar-refractivity contribution is -0.188. The molecule has 0 unspecified atom stereocenters. The van der Waals surface area contributed by atoms with Crippen LogP contribution in [-0.4, -0.2) is 52.4 Å². The molecule has 21 heavy (non-hydrogen) atoms. The molecule has 1 aliphatic rings. The van der Waals surface area contributed by atoms with E-state index in [1.165, 1.54) is 4.90 Å². The fraction of sp³-hybridized carbons (Fsp3) is 0.438. The van der Waals surface area contributed by atoms with Gasteiger partial charge in [-0.15, -0.1) is 6.58 Å². The molecule has 0 aliphatic carbocycles. The normalized spacial score (nSPS) is 22.8. The zero-order valence-corrected chi connectivity index (χ0v) is 11.9. The first-order valence-electron chi connectivity index (χ1n) is 7.05. The second-order valence-electron chi connectivity index (χ2n) is 5.07. The van der Waals surface area contributed by atoms with E-state index in [1.807, 2.05) is 30.3 Å². The Balaban J connectivity index is 1.97. The molecule has 1 amide bonds. The summed E-state index contributed by atoms with van der Waals surface area (Å²) in [7, 11) is 0. The lowest BCUT2D eigenvalue weighted by Crippen LogP contribution is -2.70. The number of aliphatic hydroxyl groups excluding tert-OH is 2. The van der Waals surface area contributed by atoms with Gasteiger partial charge in [0.05, 0.1) is 19.3 Å². The van der Waals surface area contributed by atoms with E-state index >= 15 is 0 Å². The summed E-state index contributed by atoms with van der Waals surface area (Å²) in [5.74, 6) is -0.148. The highest BCUT2D eigenvalue weighted by atomic mass is 16.5. The van der Waals surface area contributed by atoms with Crippen molar-refractivity contribution in [3.8, 4) is 0 Å². The molecule has 0 bridgehead atoms. The zero-order valence-electron chi connectivity index (χ0n) is 11.9. The average Bonchev–Trinajstić information content (AvgIpc) is 2.52. The molecule has 114 valence electrons. The van der Waals surface area contributed by atoms with Crippen molar-refractivity contribution in [2.75, 3.05) is 13.2 Å². The summed E-state index contributed by atoms with van der Waals surface area (Å²) in [6.07, 6.45) is 0.671. The lowest BCUT2D eigenvalue weighted by Gasteiger charge is -2.48. The summed E-state index contributed by atoms with van der Waals surface area (Å²) >= 11 is 0. The Hall–Kier alpha value is -1.69. The number of hydrogen-bond acceptors (Lipinski definition) is 4. The van der Waals surface area contributed by atoms with E-state index in [9.17, 15) is 9.90 Å². The minimum Gasteiger partial charge on any atom is -0.394 e. The summed E-state index contributed by atoms with van der Waals surface area (Å²) in [5.41, 5.74) is 0.965. The second-order valence-corrected chi connectivity index (χ2v) is 5.07. The SMILES string of the molecule is C=CCCN1C(=O)[C@H](OCc2ccccc2)[C@@H]1[C@H](O)CO. The van der Waals surface area contributed by atoms with E-state index in [0.29, 0.717) is 19.6 Å². The van der Waals surface area contributed by atoms with Gasteiger partial charge in [0.2, 0.25) is 0 Å².